The Balaban J connectivity index is 1.19. The lowest BCUT2D eigenvalue weighted by Crippen LogP contribution is -2.32. The van der Waals surface area contributed by atoms with Crippen LogP contribution in [0, 0.1) is 0 Å². The van der Waals surface area contributed by atoms with E-state index in [0.29, 0.717) is 17.5 Å². The fraction of sp³-hybridized carbons (Fsp3) is 0.0217. The summed E-state index contributed by atoms with van der Waals surface area (Å²) in [6.07, 6.45) is 0. The lowest BCUT2D eigenvalue weighted by molar-refractivity contribution is 0.436. The molecule has 1 aliphatic carbocycles. The van der Waals surface area contributed by atoms with Crippen molar-refractivity contribution in [1.29, 1.82) is 0 Å². The van der Waals surface area contributed by atoms with Crippen LogP contribution in [-0.4, -0.2) is 15.0 Å². The minimum atomic E-state index is -0.521. The first kappa shape index (κ1) is 28.4. The van der Waals surface area contributed by atoms with Crippen LogP contribution in [0.5, 0.6) is 11.5 Å². The molecule has 0 radical (unpaired) electrons. The van der Waals surface area contributed by atoms with E-state index in [2.05, 4.69) is 127 Å². The molecule has 4 nitrogen and oxygen atoms in total. The largest absolute Gasteiger partial charge is 0.457 e. The molecule has 0 amide bonds. The predicted molar refractivity (Wildman–Crippen MR) is 199 cm³/mol. The molecule has 7 aromatic carbocycles. The van der Waals surface area contributed by atoms with Gasteiger partial charge in [0.05, 0.1) is 5.41 Å². The van der Waals surface area contributed by atoms with Crippen LogP contribution >= 0.6 is 0 Å². The van der Waals surface area contributed by atoms with Crippen molar-refractivity contribution < 1.29 is 4.74 Å². The van der Waals surface area contributed by atoms with Crippen LogP contribution in [-0.2, 0) is 5.41 Å². The van der Waals surface area contributed by atoms with Gasteiger partial charge in [0.15, 0.2) is 17.5 Å². The minimum absolute atomic E-state index is 0.521. The highest BCUT2D eigenvalue weighted by atomic mass is 16.5. The molecule has 0 N–H and O–H groups in total. The van der Waals surface area contributed by atoms with Crippen LogP contribution in [0.25, 0.3) is 56.4 Å². The van der Waals surface area contributed by atoms with E-state index in [9.17, 15) is 0 Å². The Bertz CT molecular complexity index is 2530. The van der Waals surface area contributed by atoms with Crippen LogP contribution in [0.15, 0.2) is 176 Å². The first-order chi connectivity index (χ1) is 24.8. The Kier molecular flexibility index (Phi) is 6.36. The van der Waals surface area contributed by atoms with Gasteiger partial charge >= 0.3 is 0 Å². The topological polar surface area (TPSA) is 47.9 Å². The number of benzene rings is 7. The maximum absolute atomic E-state index is 6.51. The van der Waals surface area contributed by atoms with E-state index in [1.807, 2.05) is 48.5 Å². The monoisotopic (exact) mass is 639 g/mol. The van der Waals surface area contributed by atoms with Gasteiger partial charge in [0.25, 0.3) is 0 Å². The molecule has 1 spiro atoms. The summed E-state index contributed by atoms with van der Waals surface area (Å²) in [6.45, 7) is 0. The molecule has 2 heterocycles. The summed E-state index contributed by atoms with van der Waals surface area (Å²) in [5, 5.41) is 0. The third-order valence-corrected chi connectivity index (χ3v) is 10.0. The molecule has 10 rings (SSSR count). The number of rotatable bonds is 4. The van der Waals surface area contributed by atoms with Gasteiger partial charge in [0.2, 0.25) is 0 Å². The number of para-hydroxylation sites is 2. The molecule has 4 heteroatoms. The maximum Gasteiger partial charge on any atom is 0.164 e. The molecular formula is C46H29N3O. The second-order valence-electron chi connectivity index (χ2n) is 12.8. The van der Waals surface area contributed by atoms with Gasteiger partial charge in [-0.15, -0.1) is 0 Å². The number of hydrogen-bond acceptors (Lipinski definition) is 4. The molecule has 0 fully saturated rings. The Morgan fingerprint density at radius 3 is 1.48 bits per heavy atom. The zero-order valence-electron chi connectivity index (χ0n) is 27.0. The van der Waals surface area contributed by atoms with Crippen molar-refractivity contribution in [2.75, 3.05) is 0 Å². The number of aromatic nitrogens is 3. The van der Waals surface area contributed by atoms with E-state index >= 15 is 0 Å². The summed E-state index contributed by atoms with van der Waals surface area (Å²) in [4.78, 5) is 15.3. The summed E-state index contributed by atoms with van der Waals surface area (Å²) in [6, 6.07) is 61.3. The molecule has 0 bridgehead atoms. The molecule has 0 saturated carbocycles. The fourth-order valence-corrected chi connectivity index (χ4v) is 7.82. The highest BCUT2D eigenvalue weighted by molar-refractivity contribution is 5.90. The van der Waals surface area contributed by atoms with Crippen molar-refractivity contribution in [3.63, 3.8) is 0 Å². The SMILES string of the molecule is c1ccc(-c2cccc(-c3nc(-c4ccccc4)nc(-c4ccc5c(c4)-c4ccccc4C54c5ccccc5Oc5ccccc54)n3)c2)cc1. The average Bonchev–Trinajstić information content (AvgIpc) is 3.48. The fourth-order valence-electron chi connectivity index (χ4n) is 7.82. The van der Waals surface area contributed by atoms with E-state index in [-0.39, 0.29) is 0 Å². The molecular weight excluding hydrogens is 611 g/mol. The Hall–Kier alpha value is -6.65. The molecule has 234 valence electrons. The molecule has 8 aromatic rings. The lowest BCUT2D eigenvalue weighted by atomic mass is 9.66. The van der Waals surface area contributed by atoms with Crippen molar-refractivity contribution in [3.8, 4) is 67.9 Å². The highest BCUT2D eigenvalue weighted by Gasteiger charge is 2.50. The molecule has 0 saturated heterocycles. The number of nitrogens with zero attached hydrogens (tertiary/aromatic N) is 3. The van der Waals surface area contributed by atoms with Crippen molar-refractivity contribution in [1.82, 2.24) is 15.0 Å². The highest BCUT2D eigenvalue weighted by Crippen LogP contribution is 2.62. The van der Waals surface area contributed by atoms with E-state index < -0.39 is 5.41 Å². The molecule has 50 heavy (non-hydrogen) atoms. The third-order valence-electron chi connectivity index (χ3n) is 10.0. The van der Waals surface area contributed by atoms with Gasteiger partial charge in [0, 0.05) is 27.8 Å². The third kappa shape index (κ3) is 4.28. The van der Waals surface area contributed by atoms with Crippen LogP contribution in [0.1, 0.15) is 22.3 Å². The molecule has 1 aromatic heterocycles. The standard InChI is InChI=1S/C46H29N3O/c1-3-14-30(15-4-1)32-18-13-19-33(28-32)44-47-43(31-16-5-2-6-17-31)48-45(49-44)34-26-27-38-36(29-34)35-20-7-8-21-37(35)46(38)39-22-9-11-24-41(39)50-42-25-12-10-23-40(42)46/h1-29H. The molecule has 2 aliphatic rings. The van der Waals surface area contributed by atoms with Crippen LogP contribution in [0.2, 0.25) is 0 Å². The van der Waals surface area contributed by atoms with Gasteiger partial charge < -0.3 is 4.74 Å². The predicted octanol–water partition coefficient (Wildman–Crippen LogP) is 11.0. The van der Waals surface area contributed by atoms with Crippen molar-refractivity contribution in [2.24, 2.45) is 0 Å². The molecule has 1 aliphatic heterocycles. The van der Waals surface area contributed by atoms with Crippen LogP contribution in [0.4, 0.5) is 0 Å². The van der Waals surface area contributed by atoms with Gasteiger partial charge in [-0.2, -0.15) is 0 Å². The lowest BCUT2D eigenvalue weighted by Gasteiger charge is -2.39. The van der Waals surface area contributed by atoms with Gasteiger partial charge in [0.1, 0.15) is 11.5 Å². The maximum atomic E-state index is 6.51. The van der Waals surface area contributed by atoms with Crippen molar-refractivity contribution >= 4 is 0 Å². The Morgan fingerprint density at radius 1 is 0.320 bits per heavy atom. The normalized spacial score (nSPS) is 13.1. The summed E-state index contributed by atoms with van der Waals surface area (Å²) in [7, 11) is 0. The van der Waals surface area contributed by atoms with E-state index in [4.69, 9.17) is 19.7 Å². The minimum Gasteiger partial charge on any atom is -0.457 e. The second-order valence-corrected chi connectivity index (χ2v) is 12.8. The Labute approximate surface area is 290 Å². The van der Waals surface area contributed by atoms with Crippen molar-refractivity contribution in [2.45, 2.75) is 5.41 Å². The smallest absolute Gasteiger partial charge is 0.164 e. The summed E-state index contributed by atoms with van der Waals surface area (Å²) in [5.74, 6) is 3.67. The zero-order chi connectivity index (χ0) is 33.1. The van der Waals surface area contributed by atoms with Gasteiger partial charge in [-0.25, -0.2) is 15.0 Å². The first-order valence-corrected chi connectivity index (χ1v) is 16.9. The van der Waals surface area contributed by atoms with E-state index in [1.54, 1.807) is 0 Å². The number of hydrogen-bond donors (Lipinski definition) is 0. The molecule has 0 unspecified atom stereocenters. The number of ether oxygens (including phenoxy) is 1. The summed E-state index contributed by atoms with van der Waals surface area (Å²) in [5.41, 5.74) is 11.7. The van der Waals surface area contributed by atoms with E-state index in [0.717, 1.165) is 50.4 Å². The quantitative estimate of drug-likeness (QED) is 0.192. The van der Waals surface area contributed by atoms with Crippen LogP contribution < -0.4 is 4.74 Å². The Morgan fingerprint density at radius 2 is 0.800 bits per heavy atom. The van der Waals surface area contributed by atoms with Crippen molar-refractivity contribution in [3.05, 3.63) is 198 Å². The average molecular weight is 640 g/mol. The summed E-state index contributed by atoms with van der Waals surface area (Å²) >= 11 is 0. The number of fused-ring (bicyclic) bond motifs is 9. The zero-order valence-corrected chi connectivity index (χ0v) is 27.0. The van der Waals surface area contributed by atoms with Gasteiger partial charge in [-0.1, -0.05) is 152 Å². The first-order valence-electron chi connectivity index (χ1n) is 16.9. The van der Waals surface area contributed by atoms with Gasteiger partial charge in [-0.3, -0.25) is 0 Å². The van der Waals surface area contributed by atoms with Gasteiger partial charge in [-0.05, 0) is 57.6 Å². The van der Waals surface area contributed by atoms with Crippen LogP contribution in [0.3, 0.4) is 0 Å². The second kappa shape index (κ2) is 11.2. The summed E-state index contributed by atoms with van der Waals surface area (Å²) < 4.78 is 6.51. The van der Waals surface area contributed by atoms with E-state index in [1.165, 1.54) is 22.3 Å². The molecule has 0 atom stereocenters.